The summed E-state index contributed by atoms with van der Waals surface area (Å²) >= 11 is 0. The number of ketones is 1. The van der Waals surface area contributed by atoms with Crippen LogP contribution < -0.4 is 5.32 Å². The highest BCUT2D eigenvalue weighted by Gasteiger charge is 2.16. The van der Waals surface area contributed by atoms with Crippen LogP contribution in [0.3, 0.4) is 0 Å². The van der Waals surface area contributed by atoms with Crippen LogP contribution in [0.2, 0.25) is 0 Å². The zero-order valence-corrected chi connectivity index (χ0v) is 16.6. The molecule has 0 spiro atoms. The standard InChI is InChI=1S/C23H29NO2/c1-14(2)18(6)24-23(26)20-9-7-8-19(12-20)22(25)13-21-16(4)10-15(3)11-17(21)5/h7-12,14,18H,13H2,1-6H3,(H,24,26)/t18-/m0/s1. The molecule has 0 radical (unpaired) electrons. The van der Waals surface area contributed by atoms with Crippen LogP contribution in [-0.2, 0) is 6.42 Å². The van der Waals surface area contributed by atoms with Crippen molar-refractivity contribution in [3.05, 3.63) is 69.8 Å². The molecule has 0 saturated heterocycles. The number of amides is 1. The Balaban J connectivity index is 2.20. The summed E-state index contributed by atoms with van der Waals surface area (Å²) in [4.78, 5) is 25.2. The van der Waals surface area contributed by atoms with Gasteiger partial charge in [0.05, 0.1) is 0 Å². The summed E-state index contributed by atoms with van der Waals surface area (Å²) in [5.41, 5.74) is 5.65. The Bertz CT molecular complexity index is 798. The molecule has 0 aliphatic rings. The summed E-state index contributed by atoms with van der Waals surface area (Å²) in [5, 5.41) is 2.99. The molecule has 3 nitrogen and oxygen atoms in total. The molecule has 2 aromatic rings. The lowest BCUT2D eigenvalue weighted by atomic mass is 9.93. The Kier molecular flexibility index (Phi) is 6.36. The SMILES string of the molecule is Cc1cc(C)c(CC(=O)c2cccc(C(=O)N[C@@H](C)C(C)C)c2)c(C)c1. The zero-order valence-electron chi connectivity index (χ0n) is 16.6. The number of carbonyl (C=O) groups excluding carboxylic acids is 2. The molecule has 1 N–H and O–H groups in total. The number of Topliss-reactive ketones (excluding diaryl/α,β-unsaturated/α-hetero) is 1. The van der Waals surface area contributed by atoms with Gasteiger partial charge in [0, 0.05) is 23.6 Å². The van der Waals surface area contributed by atoms with Gasteiger partial charge in [-0.1, -0.05) is 43.7 Å². The Morgan fingerprint density at radius 3 is 2.08 bits per heavy atom. The van der Waals surface area contributed by atoms with Gasteiger partial charge in [0.25, 0.3) is 5.91 Å². The predicted octanol–water partition coefficient (Wildman–Crippen LogP) is 4.81. The first-order chi connectivity index (χ1) is 12.2. The Hall–Kier alpha value is -2.42. The van der Waals surface area contributed by atoms with Gasteiger partial charge in [0.15, 0.2) is 5.78 Å². The topological polar surface area (TPSA) is 46.2 Å². The quantitative estimate of drug-likeness (QED) is 0.759. The molecule has 2 aromatic carbocycles. The van der Waals surface area contributed by atoms with Crippen molar-refractivity contribution in [1.29, 1.82) is 0 Å². The third-order valence-corrected chi connectivity index (χ3v) is 4.98. The fourth-order valence-corrected chi connectivity index (χ4v) is 3.04. The first kappa shape index (κ1) is 19.9. The average Bonchev–Trinajstić information content (AvgIpc) is 2.57. The van der Waals surface area contributed by atoms with Gasteiger partial charge < -0.3 is 5.32 Å². The lowest BCUT2D eigenvalue weighted by Crippen LogP contribution is -2.36. The molecule has 0 saturated carbocycles. The summed E-state index contributed by atoms with van der Waals surface area (Å²) in [7, 11) is 0. The highest BCUT2D eigenvalue weighted by Crippen LogP contribution is 2.19. The summed E-state index contributed by atoms with van der Waals surface area (Å²) < 4.78 is 0. The van der Waals surface area contributed by atoms with E-state index >= 15 is 0 Å². The second kappa shape index (κ2) is 8.31. The van der Waals surface area contributed by atoms with Crippen molar-refractivity contribution in [2.24, 2.45) is 5.92 Å². The minimum Gasteiger partial charge on any atom is -0.349 e. The van der Waals surface area contributed by atoms with Gasteiger partial charge in [0.1, 0.15) is 0 Å². The molecule has 0 aliphatic heterocycles. The van der Waals surface area contributed by atoms with Crippen molar-refractivity contribution in [2.45, 2.75) is 54.0 Å². The van der Waals surface area contributed by atoms with Crippen molar-refractivity contribution in [3.63, 3.8) is 0 Å². The predicted molar refractivity (Wildman–Crippen MR) is 107 cm³/mol. The summed E-state index contributed by atoms with van der Waals surface area (Å²) in [6, 6.07) is 11.3. The molecule has 0 bridgehead atoms. The van der Waals surface area contributed by atoms with Crippen LogP contribution in [0, 0.1) is 26.7 Å². The lowest BCUT2D eigenvalue weighted by Gasteiger charge is -2.17. The third kappa shape index (κ3) is 4.81. The highest BCUT2D eigenvalue weighted by atomic mass is 16.1. The molecule has 26 heavy (non-hydrogen) atoms. The largest absolute Gasteiger partial charge is 0.349 e. The van der Waals surface area contributed by atoms with E-state index in [0.29, 0.717) is 23.5 Å². The maximum absolute atomic E-state index is 12.8. The number of rotatable bonds is 6. The van der Waals surface area contributed by atoms with Gasteiger partial charge in [0.2, 0.25) is 0 Å². The third-order valence-electron chi connectivity index (χ3n) is 4.98. The molecule has 3 heteroatoms. The van der Waals surface area contributed by atoms with Gasteiger partial charge in [-0.05, 0) is 62.4 Å². The van der Waals surface area contributed by atoms with Crippen LogP contribution in [0.4, 0.5) is 0 Å². The maximum Gasteiger partial charge on any atom is 0.251 e. The van der Waals surface area contributed by atoms with Gasteiger partial charge in [-0.2, -0.15) is 0 Å². The van der Waals surface area contributed by atoms with E-state index in [-0.39, 0.29) is 17.7 Å². The van der Waals surface area contributed by atoms with Crippen LogP contribution >= 0.6 is 0 Å². The first-order valence-electron chi connectivity index (χ1n) is 9.20. The van der Waals surface area contributed by atoms with E-state index in [1.807, 2.05) is 20.8 Å². The van der Waals surface area contributed by atoms with Crippen LogP contribution in [0.5, 0.6) is 0 Å². The molecule has 0 aliphatic carbocycles. The Labute approximate surface area is 156 Å². The van der Waals surface area contributed by atoms with Crippen molar-refractivity contribution >= 4 is 11.7 Å². The minimum atomic E-state index is -0.136. The Morgan fingerprint density at radius 1 is 0.923 bits per heavy atom. The lowest BCUT2D eigenvalue weighted by molar-refractivity contribution is 0.0930. The van der Waals surface area contributed by atoms with E-state index in [4.69, 9.17) is 0 Å². The molecule has 1 atom stereocenters. The summed E-state index contributed by atoms with van der Waals surface area (Å²) in [6.45, 7) is 12.3. The molecule has 0 aromatic heterocycles. The second-order valence-corrected chi connectivity index (χ2v) is 7.56. The van der Waals surface area contributed by atoms with E-state index in [1.165, 1.54) is 5.56 Å². The van der Waals surface area contributed by atoms with E-state index in [9.17, 15) is 9.59 Å². The van der Waals surface area contributed by atoms with Crippen molar-refractivity contribution < 1.29 is 9.59 Å². The van der Waals surface area contributed by atoms with E-state index in [2.05, 4.69) is 38.2 Å². The Morgan fingerprint density at radius 2 is 1.50 bits per heavy atom. The highest BCUT2D eigenvalue weighted by molar-refractivity contribution is 6.01. The van der Waals surface area contributed by atoms with Crippen LogP contribution in [-0.4, -0.2) is 17.7 Å². The fraction of sp³-hybridized carbons (Fsp3) is 0.391. The number of hydrogen-bond donors (Lipinski definition) is 1. The van der Waals surface area contributed by atoms with E-state index in [1.54, 1.807) is 24.3 Å². The zero-order chi connectivity index (χ0) is 19.4. The van der Waals surface area contributed by atoms with Gasteiger partial charge in [-0.3, -0.25) is 9.59 Å². The average molecular weight is 351 g/mol. The number of carbonyl (C=O) groups is 2. The van der Waals surface area contributed by atoms with Crippen molar-refractivity contribution in [2.75, 3.05) is 0 Å². The fourth-order valence-electron chi connectivity index (χ4n) is 3.04. The minimum absolute atomic E-state index is 0.0339. The van der Waals surface area contributed by atoms with Crippen LogP contribution in [0.1, 0.15) is 63.7 Å². The monoisotopic (exact) mass is 351 g/mol. The molecular weight excluding hydrogens is 322 g/mol. The maximum atomic E-state index is 12.8. The first-order valence-corrected chi connectivity index (χ1v) is 9.20. The number of hydrogen-bond acceptors (Lipinski definition) is 2. The summed E-state index contributed by atoms with van der Waals surface area (Å²) in [6.07, 6.45) is 0.353. The number of aryl methyl sites for hydroxylation is 3. The molecule has 0 fully saturated rings. The number of nitrogens with one attached hydrogen (secondary N) is 1. The molecular formula is C23H29NO2. The van der Waals surface area contributed by atoms with E-state index in [0.717, 1.165) is 16.7 Å². The normalized spacial score (nSPS) is 12.1. The van der Waals surface area contributed by atoms with Crippen LogP contribution in [0.15, 0.2) is 36.4 Å². The van der Waals surface area contributed by atoms with Gasteiger partial charge in [-0.15, -0.1) is 0 Å². The molecule has 0 unspecified atom stereocenters. The van der Waals surface area contributed by atoms with Crippen molar-refractivity contribution in [3.8, 4) is 0 Å². The number of benzene rings is 2. The van der Waals surface area contributed by atoms with E-state index < -0.39 is 0 Å². The molecule has 0 heterocycles. The van der Waals surface area contributed by atoms with Crippen LogP contribution in [0.25, 0.3) is 0 Å². The van der Waals surface area contributed by atoms with Gasteiger partial charge >= 0.3 is 0 Å². The summed E-state index contributed by atoms with van der Waals surface area (Å²) in [5.74, 6) is 0.256. The van der Waals surface area contributed by atoms with Gasteiger partial charge in [-0.25, -0.2) is 0 Å². The smallest absolute Gasteiger partial charge is 0.251 e. The van der Waals surface area contributed by atoms with Crippen molar-refractivity contribution in [1.82, 2.24) is 5.32 Å². The molecule has 1 amide bonds. The second-order valence-electron chi connectivity index (χ2n) is 7.56. The molecule has 138 valence electrons. The molecule has 2 rings (SSSR count).